The molecule has 90 valence electrons. The Bertz CT molecular complexity index is 461. The van der Waals surface area contributed by atoms with E-state index in [1.54, 1.807) is 13.0 Å². The van der Waals surface area contributed by atoms with Crippen molar-refractivity contribution in [3.63, 3.8) is 0 Å². The minimum atomic E-state index is -0.323. The monoisotopic (exact) mass is 232 g/mol. The van der Waals surface area contributed by atoms with Crippen LogP contribution in [0.4, 0.5) is 0 Å². The topological polar surface area (TPSA) is 76.1 Å². The van der Waals surface area contributed by atoms with Crippen molar-refractivity contribution in [2.24, 2.45) is 5.73 Å². The predicted molar refractivity (Wildman–Crippen MR) is 64.1 cm³/mol. The zero-order chi connectivity index (χ0) is 12.8. The fourth-order valence-corrected chi connectivity index (χ4v) is 1.64. The quantitative estimate of drug-likeness (QED) is 0.797. The van der Waals surface area contributed by atoms with Gasteiger partial charge < -0.3 is 10.5 Å². The number of hydrogen-bond donors (Lipinski definition) is 1. The molecule has 0 aliphatic heterocycles. The van der Waals surface area contributed by atoms with Crippen molar-refractivity contribution in [3.05, 3.63) is 34.4 Å². The minimum absolute atomic E-state index is 0.115. The Hall–Kier alpha value is -1.86. The highest BCUT2D eigenvalue weighted by Gasteiger charge is 2.11. The smallest absolute Gasteiger partial charge is 0.310 e. The summed E-state index contributed by atoms with van der Waals surface area (Å²) in [6.45, 7) is 4.39. The molecule has 1 aromatic rings. The molecule has 0 fully saturated rings. The number of esters is 1. The molecule has 0 aliphatic carbocycles. The van der Waals surface area contributed by atoms with Gasteiger partial charge in [-0.15, -0.1) is 0 Å². The normalized spacial score (nSPS) is 9.76. The molecule has 1 aromatic carbocycles. The summed E-state index contributed by atoms with van der Waals surface area (Å²) in [6.07, 6.45) is 0.115. The van der Waals surface area contributed by atoms with Crippen LogP contribution in [0, 0.1) is 18.3 Å². The van der Waals surface area contributed by atoms with Crippen molar-refractivity contribution >= 4 is 5.97 Å². The second kappa shape index (κ2) is 6.02. The second-order valence-corrected chi connectivity index (χ2v) is 3.73. The van der Waals surface area contributed by atoms with Crippen molar-refractivity contribution in [2.75, 3.05) is 6.61 Å². The molecule has 4 nitrogen and oxygen atoms in total. The van der Waals surface area contributed by atoms with E-state index in [0.717, 1.165) is 11.1 Å². The van der Waals surface area contributed by atoms with Gasteiger partial charge in [0.25, 0.3) is 0 Å². The van der Waals surface area contributed by atoms with E-state index in [9.17, 15) is 4.79 Å². The third kappa shape index (κ3) is 3.30. The number of carbonyl (C=O) groups excluding carboxylic acids is 1. The third-order valence-corrected chi connectivity index (χ3v) is 2.54. The summed E-state index contributed by atoms with van der Waals surface area (Å²) in [5.41, 5.74) is 8.70. The Morgan fingerprint density at radius 3 is 2.71 bits per heavy atom. The Morgan fingerprint density at radius 1 is 1.47 bits per heavy atom. The fourth-order valence-electron chi connectivity index (χ4n) is 1.64. The zero-order valence-electron chi connectivity index (χ0n) is 10.1. The van der Waals surface area contributed by atoms with Gasteiger partial charge in [0.1, 0.15) is 0 Å². The van der Waals surface area contributed by atoms with Gasteiger partial charge in [0.2, 0.25) is 0 Å². The molecule has 4 heteroatoms. The molecular weight excluding hydrogens is 216 g/mol. The summed E-state index contributed by atoms with van der Waals surface area (Å²) in [4.78, 5) is 11.4. The van der Waals surface area contributed by atoms with E-state index in [1.165, 1.54) is 0 Å². The van der Waals surface area contributed by atoms with Gasteiger partial charge in [-0.2, -0.15) is 5.26 Å². The number of hydrogen-bond acceptors (Lipinski definition) is 4. The SMILES string of the molecule is CCOC(=O)Cc1cc(CN)c(C)cc1C#N. The number of benzene rings is 1. The number of carbonyl (C=O) groups is 1. The van der Waals surface area contributed by atoms with Crippen LogP contribution >= 0.6 is 0 Å². The van der Waals surface area contributed by atoms with E-state index in [0.29, 0.717) is 24.3 Å². The van der Waals surface area contributed by atoms with Crippen molar-refractivity contribution in [1.82, 2.24) is 0 Å². The predicted octanol–water partition coefficient (Wildman–Crippen LogP) is 1.43. The first-order valence-electron chi connectivity index (χ1n) is 5.50. The van der Waals surface area contributed by atoms with Gasteiger partial charge >= 0.3 is 5.97 Å². The van der Waals surface area contributed by atoms with Gasteiger partial charge in [0.15, 0.2) is 0 Å². The van der Waals surface area contributed by atoms with Gasteiger partial charge in [-0.3, -0.25) is 4.79 Å². The Balaban J connectivity index is 3.05. The summed E-state index contributed by atoms with van der Waals surface area (Å²) in [7, 11) is 0. The van der Waals surface area contributed by atoms with Crippen LogP contribution < -0.4 is 5.73 Å². The standard InChI is InChI=1S/C13H16N2O2/c1-3-17-13(16)6-10-5-11(7-14)9(2)4-12(10)8-15/h4-5H,3,6-7,14H2,1-2H3. The van der Waals surface area contributed by atoms with Crippen LogP contribution in [0.1, 0.15) is 29.2 Å². The van der Waals surface area contributed by atoms with E-state index >= 15 is 0 Å². The van der Waals surface area contributed by atoms with E-state index in [-0.39, 0.29) is 12.4 Å². The summed E-state index contributed by atoms with van der Waals surface area (Å²) in [5.74, 6) is -0.323. The molecule has 0 saturated carbocycles. The third-order valence-electron chi connectivity index (χ3n) is 2.54. The molecule has 0 bridgehead atoms. The maximum atomic E-state index is 11.4. The number of aryl methyl sites for hydroxylation is 1. The van der Waals surface area contributed by atoms with Crippen LogP contribution in [0.2, 0.25) is 0 Å². The largest absolute Gasteiger partial charge is 0.466 e. The summed E-state index contributed by atoms with van der Waals surface area (Å²) < 4.78 is 4.87. The second-order valence-electron chi connectivity index (χ2n) is 3.73. The molecule has 0 aliphatic rings. The molecule has 0 radical (unpaired) electrons. The highest BCUT2D eigenvalue weighted by molar-refractivity contribution is 5.73. The Labute approximate surface area is 101 Å². The first-order valence-corrected chi connectivity index (χ1v) is 5.50. The fraction of sp³-hybridized carbons (Fsp3) is 0.385. The number of nitrogens with zero attached hydrogens (tertiary/aromatic N) is 1. The molecule has 0 heterocycles. The van der Waals surface area contributed by atoms with E-state index in [1.807, 2.05) is 13.0 Å². The molecule has 0 unspecified atom stereocenters. The first kappa shape index (κ1) is 13.2. The van der Waals surface area contributed by atoms with Gasteiger partial charge in [-0.1, -0.05) is 6.07 Å². The number of rotatable bonds is 4. The van der Waals surface area contributed by atoms with Crippen LogP contribution in [0.15, 0.2) is 12.1 Å². The van der Waals surface area contributed by atoms with Gasteiger partial charge in [0, 0.05) is 6.54 Å². The van der Waals surface area contributed by atoms with Gasteiger partial charge in [-0.05, 0) is 36.6 Å². The average molecular weight is 232 g/mol. The zero-order valence-corrected chi connectivity index (χ0v) is 10.1. The van der Waals surface area contributed by atoms with Gasteiger partial charge in [0.05, 0.1) is 24.7 Å². The highest BCUT2D eigenvalue weighted by Crippen LogP contribution is 2.17. The first-order chi connectivity index (χ1) is 8.12. The highest BCUT2D eigenvalue weighted by atomic mass is 16.5. The molecule has 0 saturated heterocycles. The molecule has 1 rings (SSSR count). The molecule has 0 amide bonds. The lowest BCUT2D eigenvalue weighted by molar-refractivity contribution is -0.142. The maximum Gasteiger partial charge on any atom is 0.310 e. The lowest BCUT2D eigenvalue weighted by Crippen LogP contribution is -2.10. The van der Waals surface area contributed by atoms with Crippen LogP contribution in [0.5, 0.6) is 0 Å². The number of nitrogens with two attached hydrogens (primary N) is 1. The Kier molecular flexibility index (Phi) is 4.68. The molecule has 0 aromatic heterocycles. The number of nitriles is 1. The number of ether oxygens (including phenoxy) is 1. The molecule has 0 atom stereocenters. The van der Waals surface area contributed by atoms with Crippen LogP contribution in [-0.2, 0) is 22.5 Å². The van der Waals surface area contributed by atoms with Gasteiger partial charge in [-0.25, -0.2) is 0 Å². The Morgan fingerprint density at radius 2 is 2.18 bits per heavy atom. The van der Waals surface area contributed by atoms with Crippen molar-refractivity contribution in [3.8, 4) is 6.07 Å². The van der Waals surface area contributed by atoms with Crippen LogP contribution in [0.25, 0.3) is 0 Å². The molecule has 2 N–H and O–H groups in total. The van der Waals surface area contributed by atoms with E-state index in [2.05, 4.69) is 6.07 Å². The average Bonchev–Trinajstić information content (AvgIpc) is 2.31. The van der Waals surface area contributed by atoms with Crippen LogP contribution in [0.3, 0.4) is 0 Å². The maximum absolute atomic E-state index is 11.4. The van der Waals surface area contributed by atoms with E-state index in [4.69, 9.17) is 15.7 Å². The molecule has 0 spiro atoms. The molecular formula is C13H16N2O2. The lowest BCUT2D eigenvalue weighted by Gasteiger charge is -2.09. The van der Waals surface area contributed by atoms with Crippen molar-refractivity contribution in [2.45, 2.75) is 26.8 Å². The minimum Gasteiger partial charge on any atom is -0.466 e. The summed E-state index contributed by atoms with van der Waals surface area (Å²) in [6, 6.07) is 5.66. The summed E-state index contributed by atoms with van der Waals surface area (Å²) in [5, 5.41) is 9.02. The van der Waals surface area contributed by atoms with E-state index < -0.39 is 0 Å². The lowest BCUT2D eigenvalue weighted by atomic mass is 9.98. The van der Waals surface area contributed by atoms with Crippen LogP contribution in [-0.4, -0.2) is 12.6 Å². The van der Waals surface area contributed by atoms with Crippen molar-refractivity contribution in [1.29, 1.82) is 5.26 Å². The van der Waals surface area contributed by atoms with Crippen molar-refractivity contribution < 1.29 is 9.53 Å². The summed E-state index contributed by atoms with van der Waals surface area (Å²) >= 11 is 0. The molecule has 17 heavy (non-hydrogen) atoms.